The molecule has 1 unspecified atom stereocenters. The van der Waals surface area contributed by atoms with Crippen molar-refractivity contribution in [2.75, 3.05) is 13.7 Å². The fraction of sp³-hybridized carbons (Fsp3) is 0.400. The minimum Gasteiger partial charge on any atom is -0.497 e. The molecular formula is C15H20N2O3. The number of nitrogens with one attached hydrogen (secondary N) is 1. The highest BCUT2D eigenvalue weighted by molar-refractivity contribution is 5.30. The van der Waals surface area contributed by atoms with Crippen molar-refractivity contribution in [3.63, 3.8) is 0 Å². The van der Waals surface area contributed by atoms with Crippen molar-refractivity contribution in [3.8, 4) is 5.75 Å². The number of aliphatic hydroxyl groups is 1. The first-order chi connectivity index (χ1) is 9.61. The van der Waals surface area contributed by atoms with E-state index >= 15 is 0 Å². The summed E-state index contributed by atoms with van der Waals surface area (Å²) in [6.45, 7) is 4.88. The molecule has 0 spiro atoms. The number of aliphatic hydroxyl groups excluding tert-OH is 1. The molecular weight excluding hydrogens is 256 g/mol. The van der Waals surface area contributed by atoms with Gasteiger partial charge in [-0.25, -0.2) is 0 Å². The van der Waals surface area contributed by atoms with Gasteiger partial charge in [0.2, 0.25) is 0 Å². The summed E-state index contributed by atoms with van der Waals surface area (Å²) in [5, 5.41) is 17.3. The number of methoxy groups -OCH3 is 1. The molecule has 2 N–H and O–H groups in total. The SMILES string of the molecule is COc1cccc(C(O)CNCc2c(C)noc2C)c1. The van der Waals surface area contributed by atoms with Crippen LogP contribution < -0.4 is 10.1 Å². The van der Waals surface area contributed by atoms with E-state index in [0.29, 0.717) is 13.1 Å². The summed E-state index contributed by atoms with van der Waals surface area (Å²) >= 11 is 0. The molecule has 0 saturated carbocycles. The maximum absolute atomic E-state index is 10.2. The summed E-state index contributed by atoms with van der Waals surface area (Å²) in [6.07, 6.45) is -0.578. The topological polar surface area (TPSA) is 67.5 Å². The minimum atomic E-state index is -0.578. The molecule has 1 atom stereocenters. The van der Waals surface area contributed by atoms with Gasteiger partial charge in [-0.05, 0) is 31.5 Å². The molecule has 0 amide bonds. The second-order valence-electron chi connectivity index (χ2n) is 4.73. The van der Waals surface area contributed by atoms with Gasteiger partial charge in [-0.1, -0.05) is 17.3 Å². The Morgan fingerprint density at radius 3 is 2.85 bits per heavy atom. The van der Waals surface area contributed by atoms with Gasteiger partial charge in [-0.15, -0.1) is 0 Å². The predicted molar refractivity (Wildman–Crippen MR) is 75.6 cm³/mol. The molecule has 2 aromatic rings. The Balaban J connectivity index is 1.90. The Morgan fingerprint density at radius 2 is 2.20 bits per heavy atom. The molecule has 5 heteroatoms. The second kappa shape index (κ2) is 6.54. The zero-order chi connectivity index (χ0) is 14.5. The molecule has 1 heterocycles. The largest absolute Gasteiger partial charge is 0.497 e. The highest BCUT2D eigenvalue weighted by Crippen LogP contribution is 2.19. The molecule has 1 aromatic carbocycles. The number of benzene rings is 1. The van der Waals surface area contributed by atoms with E-state index in [9.17, 15) is 5.11 Å². The van der Waals surface area contributed by atoms with E-state index in [1.54, 1.807) is 7.11 Å². The van der Waals surface area contributed by atoms with E-state index in [0.717, 1.165) is 28.3 Å². The third kappa shape index (κ3) is 3.37. The van der Waals surface area contributed by atoms with Crippen LogP contribution in [0.4, 0.5) is 0 Å². The number of hydrogen-bond donors (Lipinski definition) is 2. The number of ether oxygens (including phenoxy) is 1. The van der Waals surface area contributed by atoms with Gasteiger partial charge in [0.25, 0.3) is 0 Å². The summed E-state index contributed by atoms with van der Waals surface area (Å²) in [6, 6.07) is 7.44. The van der Waals surface area contributed by atoms with Gasteiger partial charge in [-0.3, -0.25) is 0 Å². The van der Waals surface area contributed by atoms with Gasteiger partial charge in [0.1, 0.15) is 11.5 Å². The van der Waals surface area contributed by atoms with Gasteiger partial charge in [-0.2, -0.15) is 0 Å². The quantitative estimate of drug-likeness (QED) is 0.846. The van der Waals surface area contributed by atoms with Crippen molar-refractivity contribution in [3.05, 3.63) is 46.8 Å². The lowest BCUT2D eigenvalue weighted by Gasteiger charge is -2.13. The van der Waals surface area contributed by atoms with E-state index in [1.165, 1.54) is 0 Å². The van der Waals surface area contributed by atoms with Crippen LogP contribution in [-0.2, 0) is 6.54 Å². The lowest BCUT2D eigenvalue weighted by molar-refractivity contribution is 0.174. The summed E-state index contributed by atoms with van der Waals surface area (Å²) in [5.41, 5.74) is 2.75. The van der Waals surface area contributed by atoms with Gasteiger partial charge in [0.05, 0.1) is 18.9 Å². The maximum atomic E-state index is 10.2. The van der Waals surface area contributed by atoms with Crippen LogP contribution in [0.2, 0.25) is 0 Å². The molecule has 20 heavy (non-hydrogen) atoms. The Kier molecular flexibility index (Phi) is 4.76. The van der Waals surface area contributed by atoms with Crippen LogP contribution in [0.5, 0.6) is 5.75 Å². The fourth-order valence-corrected chi connectivity index (χ4v) is 2.05. The maximum Gasteiger partial charge on any atom is 0.138 e. The van der Waals surface area contributed by atoms with Crippen molar-refractivity contribution in [1.29, 1.82) is 0 Å². The van der Waals surface area contributed by atoms with Crippen LogP contribution in [0.3, 0.4) is 0 Å². The normalized spacial score (nSPS) is 12.4. The predicted octanol–water partition coefficient (Wildman–Crippen LogP) is 2.12. The number of nitrogens with zero attached hydrogens (tertiary/aromatic N) is 1. The molecule has 0 aliphatic carbocycles. The smallest absolute Gasteiger partial charge is 0.138 e. The molecule has 2 rings (SSSR count). The molecule has 0 bridgehead atoms. The number of aryl methyl sites for hydroxylation is 2. The van der Waals surface area contributed by atoms with Crippen LogP contribution in [0.15, 0.2) is 28.8 Å². The average molecular weight is 276 g/mol. The monoisotopic (exact) mass is 276 g/mol. The van der Waals surface area contributed by atoms with Crippen LogP contribution in [0, 0.1) is 13.8 Å². The Bertz CT molecular complexity index is 546. The first kappa shape index (κ1) is 14.6. The van der Waals surface area contributed by atoms with Crippen LogP contribution in [0.1, 0.15) is 28.7 Å². The Morgan fingerprint density at radius 1 is 1.40 bits per heavy atom. The van der Waals surface area contributed by atoms with E-state index < -0.39 is 6.10 Å². The second-order valence-corrected chi connectivity index (χ2v) is 4.73. The molecule has 0 radical (unpaired) electrons. The van der Waals surface area contributed by atoms with Crippen molar-refractivity contribution in [1.82, 2.24) is 10.5 Å². The summed E-state index contributed by atoms with van der Waals surface area (Å²) in [7, 11) is 1.61. The van der Waals surface area contributed by atoms with Crippen molar-refractivity contribution in [2.45, 2.75) is 26.5 Å². The number of aromatic nitrogens is 1. The minimum absolute atomic E-state index is 0.456. The van der Waals surface area contributed by atoms with Gasteiger partial charge in [0.15, 0.2) is 0 Å². The fourth-order valence-electron chi connectivity index (χ4n) is 2.05. The highest BCUT2D eigenvalue weighted by atomic mass is 16.5. The third-order valence-electron chi connectivity index (χ3n) is 3.30. The molecule has 1 aromatic heterocycles. The zero-order valence-electron chi connectivity index (χ0n) is 12.0. The van der Waals surface area contributed by atoms with E-state index in [4.69, 9.17) is 9.26 Å². The first-order valence-electron chi connectivity index (χ1n) is 6.56. The van der Waals surface area contributed by atoms with Crippen molar-refractivity contribution in [2.24, 2.45) is 0 Å². The third-order valence-corrected chi connectivity index (χ3v) is 3.30. The molecule has 0 aliphatic heterocycles. The van der Waals surface area contributed by atoms with Gasteiger partial charge >= 0.3 is 0 Å². The Labute approximate surface area is 118 Å². The summed E-state index contributed by atoms with van der Waals surface area (Å²) < 4.78 is 10.2. The van der Waals surface area contributed by atoms with E-state index in [2.05, 4.69) is 10.5 Å². The van der Waals surface area contributed by atoms with Crippen LogP contribution >= 0.6 is 0 Å². The number of hydrogen-bond acceptors (Lipinski definition) is 5. The first-order valence-corrected chi connectivity index (χ1v) is 6.56. The average Bonchev–Trinajstić information content (AvgIpc) is 2.79. The summed E-state index contributed by atoms with van der Waals surface area (Å²) in [5.74, 6) is 1.55. The van der Waals surface area contributed by atoms with Gasteiger partial charge < -0.3 is 19.7 Å². The highest BCUT2D eigenvalue weighted by Gasteiger charge is 2.11. The molecule has 0 aliphatic rings. The molecule has 5 nitrogen and oxygen atoms in total. The molecule has 108 valence electrons. The zero-order valence-corrected chi connectivity index (χ0v) is 12.0. The van der Waals surface area contributed by atoms with E-state index in [-0.39, 0.29) is 0 Å². The Hall–Kier alpha value is -1.85. The lowest BCUT2D eigenvalue weighted by Crippen LogP contribution is -2.21. The van der Waals surface area contributed by atoms with Crippen LogP contribution in [-0.4, -0.2) is 23.9 Å². The lowest BCUT2D eigenvalue weighted by atomic mass is 10.1. The standard InChI is InChI=1S/C15H20N2O3/c1-10-14(11(2)20-17-10)8-16-9-15(18)12-5-4-6-13(7-12)19-3/h4-7,15-16,18H,8-9H2,1-3H3. The van der Waals surface area contributed by atoms with Crippen LogP contribution in [0.25, 0.3) is 0 Å². The van der Waals surface area contributed by atoms with E-state index in [1.807, 2.05) is 38.1 Å². The number of rotatable bonds is 6. The van der Waals surface area contributed by atoms with Crippen molar-refractivity contribution >= 4 is 0 Å². The van der Waals surface area contributed by atoms with Gasteiger partial charge in [0, 0.05) is 18.7 Å². The molecule has 0 fully saturated rings. The summed E-state index contributed by atoms with van der Waals surface area (Å²) in [4.78, 5) is 0. The van der Waals surface area contributed by atoms with Crippen molar-refractivity contribution < 1.29 is 14.4 Å². The molecule has 0 saturated heterocycles.